The molecule has 1 aromatic rings. The van der Waals surface area contributed by atoms with Gasteiger partial charge in [0.1, 0.15) is 5.82 Å². The Kier molecular flexibility index (Phi) is 4.41. The molecule has 0 aliphatic rings. The van der Waals surface area contributed by atoms with E-state index in [2.05, 4.69) is 4.72 Å². The maximum absolute atomic E-state index is 13.1. The fourth-order valence-corrected chi connectivity index (χ4v) is 2.47. The van der Waals surface area contributed by atoms with Crippen LogP contribution in [0.3, 0.4) is 0 Å². The zero-order chi connectivity index (χ0) is 14.1. The van der Waals surface area contributed by atoms with Crippen LogP contribution in [0, 0.1) is 5.82 Å². The van der Waals surface area contributed by atoms with Crippen LogP contribution in [0.4, 0.5) is 10.1 Å². The number of hydrogen-bond donors (Lipinski definition) is 2. The summed E-state index contributed by atoms with van der Waals surface area (Å²) >= 11 is 5.55. The van der Waals surface area contributed by atoms with Crippen LogP contribution < -0.4 is 4.72 Å². The first-order valence-electron chi connectivity index (χ1n) is 5.09. The summed E-state index contributed by atoms with van der Waals surface area (Å²) in [6, 6.07) is 1.46. The molecule has 5 nitrogen and oxygen atoms in total. The van der Waals surface area contributed by atoms with Gasteiger partial charge in [-0.15, -0.1) is 0 Å². The third-order valence-electron chi connectivity index (χ3n) is 2.37. The molecule has 0 radical (unpaired) electrons. The molecule has 0 aliphatic heterocycles. The van der Waals surface area contributed by atoms with Crippen LogP contribution >= 0.6 is 11.6 Å². The van der Waals surface area contributed by atoms with Gasteiger partial charge >= 0.3 is 10.2 Å². The fraction of sp³-hybridized carbons (Fsp3) is 0.400. The molecule has 0 aromatic heterocycles. The molecule has 102 valence electrons. The van der Waals surface area contributed by atoms with Gasteiger partial charge in [0, 0.05) is 19.2 Å². The van der Waals surface area contributed by atoms with Crippen molar-refractivity contribution in [3.05, 3.63) is 23.0 Å². The number of phenolic OH excluding ortho intramolecular Hbond substituents is 1. The average molecular weight is 297 g/mol. The molecule has 0 fully saturated rings. The molecule has 8 heteroatoms. The zero-order valence-electron chi connectivity index (χ0n) is 10.1. The number of hydrogen-bond acceptors (Lipinski definition) is 3. The van der Waals surface area contributed by atoms with Crippen molar-refractivity contribution in [3.63, 3.8) is 0 Å². The molecular weight excluding hydrogens is 283 g/mol. The smallest absolute Gasteiger partial charge is 0.301 e. The fourth-order valence-electron chi connectivity index (χ4n) is 1.13. The van der Waals surface area contributed by atoms with Crippen LogP contribution in [-0.2, 0) is 10.2 Å². The van der Waals surface area contributed by atoms with E-state index in [1.165, 1.54) is 7.05 Å². The Morgan fingerprint density at radius 3 is 2.50 bits per heavy atom. The first-order valence-corrected chi connectivity index (χ1v) is 6.90. The van der Waals surface area contributed by atoms with E-state index in [1.807, 2.05) is 0 Å². The van der Waals surface area contributed by atoms with E-state index in [4.69, 9.17) is 11.6 Å². The Balaban J connectivity index is 3.12. The monoisotopic (exact) mass is 296 g/mol. The quantitative estimate of drug-likeness (QED) is 0.837. The molecule has 1 aromatic carbocycles. The largest absolute Gasteiger partial charge is 0.504 e. The molecule has 0 amide bonds. The van der Waals surface area contributed by atoms with Gasteiger partial charge in [-0.05, 0) is 19.9 Å². The molecule has 2 N–H and O–H groups in total. The summed E-state index contributed by atoms with van der Waals surface area (Å²) in [5.74, 6) is -1.26. The summed E-state index contributed by atoms with van der Waals surface area (Å²) in [4.78, 5) is 0. The summed E-state index contributed by atoms with van der Waals surface area (Å²) in [6.45, 7) is 3.36. The lowest BCUT2D eigenvalue weighted by Crippen LogP contribution is -2.37. The Morgan fingerprint density at radius 1 is 1.44 bits per heavy atom. The van der Waals surface area contributed by atoms with E-state index < -0.39 is 21.8 Å². The first kappa shape index (κ1) is 15.0. The Morgan fingerprint density at radius 2 is 2.00 bits per heavy atom. The van der Waals surface area contributed by atoms with Crippen molar-refractivity contribution in [2.75, 3.05) is 11.8 Å². The molecule has 0 atom stereocenters. The molecule has 18 heavy (non-hydrogen) atoms. The van der Waals surface area contributed by atoms with Crippen molar-refractivity contribution in [1.29, 1.82) is 0 Å². The number of phenols is 1. The van der Waals surface area contributed by atoms with Crippen LogP contribution in [0.15, 0.2) is 12.1 Å². The van der Waals surface area contributed by atoms with Crippen LogP contribution in [0.2, 0.25) is 5.02 Å². The second-order valence-electron chi connectivity index (χ2n) is 4.00. The second-order valence-corrected chi connectivity index (χ2v) is 6.14. The van der Waals surface area contributed by atoms with E-state index >= 15 is 0 Å². The number of benzene rings is 1. The summed E-state index contributed by atoms with van der Waals surface area (Å²) in [6.07, 6.45) is 0. The Bertz CT molecular complexity index is 548. The highest BCUT2D eigenvalue weighted by Gasteiger charge is 2.22. The highest BCUT2D eigenvalue weighted by molar-refractivity contribution is 7.90. The maximum atomic E-state index is 13.1. The van der Waals surface area contributed by atoms with Crippen molar-refractivity contribution >= 4 is 27.5 Å². The first-order chi connectivity index (χ1) is 8.15. The van der Waals surface area contributed by atoms with Gasteiger partial charge in [-0.25, -0.2) is 4.39 Å². The lowest BCUT2D eigenvalue weighted by Gasteiger charge is -2.22. The molecular formula is C10H14ClFN2O3S. The number of anilines is 1. The second kappa shape index (κ2) is 5.29. The van der Waals surface area contributed by atoms with Crippen molar-refractivity contribution in [1.82, 2.24) is 4.31 Å². The molecule has 0 unspecified atom stereocenters. The SMILES string of the molecule is CC(C)N(C)S(=O)(=O)Nc1cc(F)cc(Cl)c1O. The minimum absolute atomic E-state index is 0.264. The lowest BCUT2D eigenvalue weighted by atomic mass is 10.3. The number of rotatable bonds is 4. The van der Waals surface area contributed by atoms with E-state index in [-0.39, 0.29) is 16.8 Å². The maximum Gasteiger partial charge on any atom is 0.301 e. The van der Waals surface area contributed by atoms with Crippen molar-refractivity contribution < 1.29 is 17.9 Å². The molecule has 0 heterocycles. The standard InChI is InChI=1S/C10H14ClFN2O3S/c1-6(2)14(3)18(16,17)13-9-5-7(12)4-8(11)10(9)15/h4-6,13,15H,1-3H3. The summed E-state index contributed by atoms with van der Waals surface area (Å²) in [5.41, 5.74) is -0.299. The third kappa shape index (κ3) is 3.24. The van der Waals surface area contributed by atoms with Crippen LogP contribution in [-0.4, -0.2) is 30.9 Å². The molecule has 0 saturated heterocycles. The summed E-state index contributed by atoms with van der Waals surface area (Å²) in [5, 5.41) is 9.30. The van der Waals surface area contributed by atoms with Gasteiger partial charge in [-0.2, -0.15) is 12.7 Å². The molecule has 0 saturated carbocycles. The molecule has 1 rings (SSSR count). The van der Waals surface area contributed by atoms with Gasteiger partial charge in [0.05, 0.1) is 10.7 Å². The Hall–Kier alpha value is -1.05. The van der Waals surface area contributed by atoms with E-state index in [0.717, 1.165) is 16.4 Å². The van der Waals surface area contributed by atoms with Gasteiger partial charge in [-0.3, -0.25) is 4.72 Å². The van der Waals surface area contributed by atoms with Crippen molar-refractivity contribution in [2.45, 2.75) is 19.9 Å². The summed E-state index contributed by atoms with van der Waals surface area (Å²) in [7, 11) is -2.50. The minimum atomic E-state index is -3.87. The van der Waals surface area contributed by atoms with Gasteiger partial charge < -0.3 is 5.11 Å². The zero-order valence-corrected chi connectivity index (χ0v) is 11.7. The predicted octanol–water partition coefficient (Wildman–Crippen LogP) is 2.18. The third-order valence-corrected chi connectivity index (χ3v) is 4.32. The molecule has 0 aliphatic carbocycles. The predicted molar refractivity (Wildman–Crippen MR) is 68.5 cm³/mol. The number of aromatic hydroxyl groups is 1. The van der Waals surface area contributed by atoms with Crippen molar-refractivity contribution in [3.8, 4) is 5.75 Å². The van der Waals surface area contributed by atoms with Gasteiger partial charge in [0.25, 0.3) is 0 Å². The van der Waals surface area contributed by atoms with Gasteiger partial charge in [0.15, 0.2) is 5.75 Å². The van der Waals surface area contributed by atoms with E-state index in [9.17, 15) is 17.9 Å². The summed E-state index contributed by atoms with van der Waals surface area (Å²) < 4.78 is 39.9. The number of nitrogens with zero attached hydrogens (tertiary/aromatic N) is 1. The highest BCUT2D eigenvalue weighted by Crippen LogP contribution is 2.33. The normalized spacial score (nSPS) is 12.2. The van der Waals surface area contributed by atoms with E-state index in [0.29, 0.717) is 0 Å². The highest BCUT2D eigenvalue weighted by atomic mass is 35.5. The van der Waals surface area contributed by atoms with Gasteiger partial charge in [-0.1, -0.05) is 11.6 Å². The van der Waals surface area contributed by atoms with Crippen LogP contribution in [0.5, 0.6) is 5.75 Å². The minimum Gasteiger partial charge on any atom is -0.504 e. The van der Waals surface area contributed by atoms with Crippen molar-refractivity contribution in [2.24, 2.45) is 0 Å². The number of nitrogens with one attached hydrogen (secondary N) is 1. The Labute approximate surface area is 110 Å². The van der Waals surface area contributed by atoms with Gasteiger partial charge in [0.2, 0.25) is 0 Å². The topological polar surface area (TPSA) is 69.6 Å². The van der Waals surface area contributed by atoms with Crippen LogP contribution in [0.1, 0.15) is 13.8 Å². The average Bonchev–Trinajstić information content (AvgIpc) is 2.23. The van der Waals surface area contributed by atoms with Crippen LogP contribution in [0.25, 0.3) is 0 Å². The molecule has 0 spiro atoms. The number of halogens is 2. The lowest BCUT2D eigenvalue weighted by molar-refractivity contribution is 0.413. The van der Waals surface area contributed by atoms with E-state index in [1.54, 1.807) is 13.8 Å². The molecule has 0 bridgehead atoms.